The zero-order valence-electron chi connectivity index (χ0n) is 11.5. The number of hydrogen-bond donors (Lipinski definition) is 2. The number of ether oxygens (including phenoxy) is 1. The number of para-hydroxylation sites is 2. The summed E-state index contributed by atoms with van der Waals surface area (Å²) in [6.45, 7) is 6.20. The molecule has 4 nitrogen and oxygen atoms in total. The average molecular weight is 280 g/mol. The van der Waals surface area contributed by atoms with Crippen LogP contribution in [0.5, 0.6) is 5.75 Å². The Morgan fingerprint density at radius 1 is 1.37 bits per heavy atom. The van der Waals surface area contributed by atoms with Gasteiger partial charge in [-0.05, 0) is 17.5 Å². The summed E-state index contributed by atoms with van der Waals surface area (Å²) in [4.78, 5) is 12.2. The minimum atomic E-state index is -0.0568. The molecule has 0 saturated heterocycles. The Bertz CT molecular complexity index is 467. The molecule has 0 aliphatic carbocycles. The molecule has 1 aromatic rings. The van der Waals surface area contributed by atoms with Crippen LogP contribution in [0, 0.1) is 5.41 Å². The summed E-state index contributed by atoms with van der Waals surface area (Å²) in [7, 11) is 0. The van der Waals surface area contributed by atoms with Gasteiger partial charge in [-0.15, -0.1) is 0 Å². The maximum atomic E-state index is 11.9. The van der Waals surface area contributed by atoms with Crippen LogP contribution in [0.3, 0.4) is 0 Å². The van der Waals surface area contributed by atoms with Crippen LogP contribution in [0.2, 0.25) is 0 Å². The van der Waals surface area contributed by atoms with Crippen LogP contribution in [0.1, 0.15) is 27.2 Å². The maximum absolute atomic E-state index is 11.9. The zero-order valence-corrected chi connectivity index (χ0v) is 12.3. The fraction of sp³-hybridized carbons (Fsp3) is 0.429. The SMILES string of the molecule is CC(C)(C)CC(=O)Nc1ccccc1OCC(N)=S. The fourth-order valence-corrected chi connectivity index (χ4v) is 1.58. The van der Waals surface area contributed by atoms with E-state index in [4.69, 9.17) is 22.7 Å². The Labute approximate surface area is 119 Å². The zero-order chi connectivity index (χ0) is 14.5. The molecule has 0 radical (unpaired) electrons. The van der Waals surface area contributed by atoms with Crippen LogP contribution < -0.4 is 15.8 Å². The molecule has 5 heteroatoms. The molecule has 1 aromatic carbocycles. The number of carbonyl (C=O) groups is 1. The molecule has 0 bridgehead atoms. The molecule has 1 rings (SSSR count). The van der Waals surface area contributed by atoms with Gasteiger partial charge >= 0.3 is 0 Å². The summed E-state index contributed by atoms with van der Waals surface area (Å²) in [5.41, 5.74) is 5.97. The van der Waals surface area contributed by atoms with Crippen molar-refractivity contribution in [1.82, 2.24) is 0 Å². The van der Waals surface area contributed by atoms with Gasteiger partial charge in [0.05, 0.1) is 5.69 Å². The van der Waals surface area contributed by atoms with Gasteiger partial charge in [0.1, 0.15) is 17.3 Å². The highest BCUT2D eigenvalue weighted by molar-refractivity contribution is 7.80. The van der Waals surface area contributed by atoms with Crippen LogP contribution >= 0.6 is 12.2 Å². The van der Waals surface area contributed by atoms with Gasteiger partial charge in [0.25, 0.3) is 0 Å². The number of anilines is 1. The average Bonchev–Trinajstić information content (AvgIpc) is 2.25. The maximum Gasteiger partial charge on any atom is 0.224 e. The first kappa shape index (κ1) is 15.4. The quantitative estimate of drug-likeness (QED) is 0.814. The Morgan fingerprint density at radius 2 is 2.00 bits per heavy atom. The highest BCUT2D eigenvalue weighted by Gasteiger charge is 2.17. The number of rotatable bonds is 5. The van der Waals surface area contributed by atoms with E-state index in [0.717, 1.165) is 0 Å². The van der Waals surface area contributed by atoms with E-state index in [9.17, 15) is 4.79 Å². The van der Waals surface area contributed by atoms with Gasteiger partial charge in [-0.25, -0.2) is 0 Å². The summed E-state index contributed by atoms with van der Waals surface area (Å²) in [5, 5.41) is 2.84. The van der Waals surface area contributed by atoms with Crippen molar-refractivity contribution in [3.63, 3.8) is 0 Å². The number of nitrogens with two attached hydrogens (primary N) is 1. The van der Waals surface area contributed by atoms with Gasteiger partial charge in [-0.2, -0.15) is 0 Å². The molecule has 0 fully saturated rings. The molecular weight excluding hydrogens is 260 g/mol. The Hall–Kier alpha value is -1.62. The minimum Gasteiger partial charge on any atom is -0.484 e. The highest BCUT2D eigenvalue weighted by atomic mass is 32.1. The van der Waals surface area contributed by atoms with Gasteiger partial charge in [-0.3, -0.25) is 4.79 Å². The number of hydrogen-bond acceptors (Lipinski definition) is 3. The van der Waals surface area contributed by atoms with Crippen molar-refractivity contribution in [2.45, 2.75) is 27.2 Å². The lowest BCUT2D eigenvalue weighted by atomic mass is 9.92. The van der Waals surface area contributed by atoms with Gasteiger partial charge in [0.15, 0.2) is 0 Å². The summed E-state index contributed by atoms with van der Waals surface area (Å²) >= 11 is 4.76. The second-order valence-corrected chi connectivity index (χ2v) is 6.06. The number of carbonyl (C=O) groups excluding carboxylic acids is 1. The number of amides is 1. The molecular formula is C14H20N2O2S. The highest BCUT2D eigenvalue weighted by Crippen LogP contribution is 2.25. The van der Waals surface area contributed by atoms with Crippen LogP contribution in [0.15, 0.2) is 24.3 Å². The fourth-order valence-electron chi connectivity index (χ4n) is 1.52. The lowest BCUT2D eigenvalue weighted by Gasteiger charge is -2.18. The molecule has 0 heterocycles. The van der Waals surface area contributed by atoms with Crippen LogP contribution in [0.4, 0.5) is 5.69 Å². The van der Waals surface area contributed by atoms with Crippen LogP contribution in [0.25, 0.3) is 0 Å². The molecule has 104 valence electrons. The molecule has 19 heavy (non-hydrogen) atoms. The standard InChI is InChI=1S/C14H20N2O2S/c1-14(2,3)8-13(17)16-10-6-4-5-7-11(10)18-9-12(15)19/h4-7H,8-9H2,1-3H3,(H2,15,19)(H,16,17). The van der Waals surface area contributed by atoms with E-state index in [0.29, 0.717) is 17.9 Å². The lowest BCUT2D eigenvalue weighted by molar-refractivity contribution is -0.117. The van der Waals surface area contributed by atoms with Gasteiger partial charge in [0.2, 0.25) is 5.91 Å². The van der Waals surface area contributed by atoms with E-state index in [-0.39, 0.29) is 22.9 Å². The van der Waals surface area contributed by atoms with Gasteiger partial charge < -0.3 is 15.8 Å². The molecule has 0 atom stereocenters. The van der Waals surface area contributed by atoms with Crippen molar-refractivity contribution in [3.05, 3.63) is 24.3 Å². The van der Waals surface area contributed by atoms with Gasteiger partial charge in [-0.1, -0.05) is 45.1 Å². The third kappa shape index (κ3) is 6.20. The number of thiocarbonyl (C=S) groups is 1. The van der Waals surface area contributed by atoms with Crippen LogP contribution in [-0.2, 0) is 4.79 Å². The second kappa shape index (κ2) is 6.52. The van der Waals surface area contributed by atoms with Crippen molar-refractivity contribution in [3.8, 4) is 5.75 Å². The normalized spacial score (nSPS) is 10.9. The van der Waals surface area contributed by atoms with Crippen molar-refractivity contribution in [2.24, 2.45) is 11.1 Å². The predicted molar refractivity (Wildman–Crippen MR) is 81.4 cm³/mol. The molecule has 0 aliphatic heterocycles. The van der Waals surface area contributed by atoms with Gasteiger partial charge in [0, 0.05) is 6.42 Å². The van der Waals surface area contributed by atoms with E-state index in [1.807, 2.05) is 32.9 Å². The first-order valence-corrected chi connectivity index (χ1v) is 6.49. The number of nitrogens with one attached hydrogen (secondary N) is 1. The van der Waals surface area contributed by atoms with Crippen molar-refractivity contribution in [2.75, 3.05) is 11.9 Å². The number of benzene rings is 1. The molecule has 0 unspecified atom stereocenters. The molecule has 0 saturated carbocycles. The minimum absolute atomic E-state index is 0.0427. The Balaban J connectivity index is 2.72. The molecule has 3 N–H and O–H groups in total. The van der Waals surface area contributed by atoms with E-state index in [1.165, 1.54) is 0 Å². The first-order chi connectivity index (χ1) is 8.78. The summed E-state index contributed by atoms with van der Waals surface area (Å²) in [6.07, 6.45) is 0.441. The molecule has 0 spiro atoms. The first-order valence-electron chi connectivity index (χ1n) is 6.08. The summed E-state index contributed by atoms with van der Waals surface area (Å²) in [6, 6.07) is 7.22. The lowest BCUT2D eigenvalue weighted by Crippen LogP contribution is -2.21. The third-order valence-electron chi connectivity index (χ3n) is 2.22. The van der Waals surface area contributed by atoms with E-state index in [2.05, 4.69) is 5.32 Å². The summed E-state index contributed by atoms with van der Waals surface area (Å²) < 4.78 is 5.45. The Morgan fingerprint density at radius 3 is 2.58 bits per heavy atom. The Kier molecular flexibility index (Phi) is 5.30. The monoisotopic (exact) mass is 280 g/mol. The van der Waals surface area contributed by atoms with E-state index in [1.54, 1.807) is 12.1 Å². The molecule has 1 amide bonds. The van der Waals surface area contributed by atoms with Crippen molar-refractivity contribution >= 4 is 28.8 Å². The summed E-state index contributed by atoms with van der Waals surface area (Å²) in [5.74, 6) is 0.524. The predicted octanol–water partition coefficient (Wildman–Crippen LogP) is 2.73. The smallest absolute Gasteiger partial charge is 0.224 e. The van der Waals surface area contributed by atoms with Crippen molar-refractivity contribution in [1.29, 1.82) is 0 Å². The third-order valence-corrected chi connectivity index (χ3v) is 2.34. The van der Waals surface area contributed by atoms with E-state index < -0.39 is 0 Å². The van der Waals surface area contributed by atoms with Crippen LogP contribution in [-0.4, -0.2) is 17.5 Å². The molecule has 0 aromatic heterocycles. The second-order valence-electron chi connectivity index (χ2n) is 5.54. The molecule has 0 aliphatic rings. The van der Waals surface area contributed by atoms with Crippen molar-refractivity contribution < 1.29 is 9.53 Å². The largest absolute Gasteiger partial charge is 0.484 e. The van der Waals surface area contributed by atoms with E-state index >= 15 is 0 Å². The topological polar surface area (TPSA) is 64.3 Å².